The third-order valence-corrected chi connectivity index (χ3v) is 11.4. The number of imide groups is 1. The van der Waals surface area contributed by atoms with Gasteiger partial charge in [-0.15, -0.1) is 0 Å². The number of hydrogen-bond donors (Lipinski definition) is 3. The fourth-order valence-electron chi connectivity index (χ4n) is 8.39. The number of aromatic nitrogens is 4. The Hall–Kier alpha value is -5.43. The maximum absolute atomic E-state index is 12.6. The number of urea groups is 1. The van der Waals surface area contributed by atoms with Gasteiger partial charge in [0.25, 0.3) is 11.5 Å². The van der Waals surface area contributed by atoms with Gasteiger partial charge in [0.05, 0.1) is 35.6 Å². The summed E-state index contributed by atoms with van der Waals surface area (Å²) < 4.78 is 9.37. The molecule has 2 saturated heterocycles. The molecule has 0 atom stereocenters. The molecule has 3 N–H and O–H groups in total. The van der Waals surface area contributed by atoms with Gasteiger partial charge in [-0.2, -0.15) is 5.10 Å². The zero-order valence-corrected chi connectivity index (χ0v) is 30.8. The number of fused-ring (bicyclic) bond motifs is 2. The number of anilines is 2. The summed E-state index contributed by atoms with van der Waals surface area (Å²) in [6, 6.07) is 15.5. The van der Waals surface area contributed by atoms with Crippen LogP contribution in [-0.4, -0.2) is 75.4 Å². The van der Waals surface area contributed by atoms with E-state index < -0.39 is 0 Å². The fraction of sp³-hybridized carbons (Fsp3) is 0.439. The van der Waals surface area contributed by atoms with Crippen LogP contribution in [0.1, 0.15) is 86.6 Å². The number of piperidine rings is 1. The number of aromatic amines is 1. The molecular formula is C41H48N8O5. The van der Waals surface area contributed by atoms with Crippen molar-refractivity contribution < 1.29 is 19.1 Å². The van der Waals surface area contributed by atoms with Gasteiger partial charge >= 0.3 is 6.03 Å². The van der Waals surface area contributed by atoms with Gasteiger partial charge in [-0.3, -0.25) is 29.7 Å². The first-order valence-corrected chi connectivity index (χ1v) is 19.3. The van der Waals surface area contributed by atoms with E-state index in [0.29, 0.717) is 30.3 Å². The first-order chi connectivity index (χ1) is 26.4. The number of pyridine rings is 1. The van der Waals surface area contributed by atoms with E-state index >= 15 is 0 Å². The topological polar surface area (TPSA) is 147 Å². The molecule has 13 nitrogen and oxygen atoms in total. The van der Waals surface area contributed by atoms with E-state index in [4.69, 9.17) is 4.74 Å². The number of hydrogen-bond acceptors (Lipinski definition) is 7. The Morgan fingerprint density at radius 1 is 0.889 bits per heavy atom. The van der Waals surface area contributed by atoms with Crippen LogP contribution in [0.25, 0.3) is 21.8 Å². The molecule has 13 heteroatoms. The smallest absolute Gasteiger partial charge is 0.328 e. The molecule has 0 bridgehead atoms. The Morgan fingerprint density at radius 3 is 2.44 bits per heavy atom. The van der Waals surface area contributed by atoms with Crippen molar-refractivity contribution in [1.29, 1.82) is 0 Å². The van der Waals surface area contributed by atoms with Crippen LogP contribution < -0.4 is 25.8 Å². The normalized spacial score (nSPS) is 18.7. The van der Waals surface area contributed by atoms with E-state index in [1.807, 2.05) is 12.1 Å². The molecule has 2 saturated carbocycles. The van der Waals surface area contributed by atoms with Crippen molar-refractivity contribution in [2.24, 2.45) is 5.92 Å². The standard InChI is InChI=1S/C24H32N4O2.C17H16N4O3/c29-23-12-16-28(24(30)25-23)22-8-4-7-21-20(22)11-15-27(21)19-9-13-26(14-10-19)17-18-5-2-1-3-6-18;1-24-15-8-14-10(9-18-20-14)7-12(15)16(22)19-13-3-2-6-21(17(13)23)11-4-5-11/h4,7-8,11,15,18-19H,1-3,5-6,9-10,12-14,16-17H2,(H,25,29,30);2-3,6-9,11H,4-5H2,1H3,(H,18,20)(H,19,22). The number of likely N-dealkylation sites (tertiary alicyclic amines) is 1. The van der Waals surface area contributed by atoms with E-state index in [1.165, 1.54) is 77.2 Å². The first-order valence-electron chi connectivity index (χ1n) is 19.3. The van der Waals surface area contributed by atoms with Gasteiger partial charge in [0.2, 0.25) is 5.91 Å². The molecule has 4 fully saturated rings. The molecule has 54 heavy (non-hydrogen) atoms. The van der Waals surface area contributed by atoms with Crippen molar-refractivity contribution in [1.82, 2.24) is 29.5 Å². The number of methoxy groups -OCH3 is 1. The lowest BCUT2D eigenvalue weighted by molar-refractivity contribution is -0.120. The van der Waals surface area contributed by atoms with Gasteiger partial charge in [0.1, 0.15) is 11.4 Å². The van der Waals surface area contributed by atoms with Gasteiger partial charge in [0.15, 0.2) is 0 Å². The Morgan fingerprint density at radius 2 is 1.69 bits per heavy atom. The molecule has 0 radical (unpaired) electrons. The molecule has 0 spiro atoms. The zero-order valence-electron chi connectivity index (χ0n) is 30.8. The van der Waals surface area contributed by atoms with Crippen LogP contribution >= 0.6 is 0 Å². The van der Waals surface area contributed by atoms with Gasteiger partial charge in [-0.05, 0) is 80.8 Å². The van der Waals surface area contributed by atoms with E-state index in [1.54, 1.807) is 46.1 Å². The lowest BCUT2D eigenvalue weighted by atomic mass is 9.88. The zero-order chi connectivity index (χ0) is 37.2. The molecule has 5 heterocycles. The fourth-order valence-corrected chi connectivity index (χ4v) is 8.39. The predicted octanol–water partition coefficient (Wildman–Crippen LogP) is 6.63. The minimum absolute atomic E-state index is 0.184. The second kappa shape index (κ2) is 15.5. The number of nitrogens with one attached hydrogen (secondary N) is 3. The third kappa shape index (κ3) is 7.50. The molecule has 0 unspecified atom stereocenters. The lowest BCUT2D eigenvalue weighted by Crippen LogP contribution is -2.49. The molecule has 282 valence electrons. The molecule has 5 aromatic rings. The van der Waals surface area contributed by atoms with Gasteiger partial charge in [-0.25, -0.2) is 4.79 Å². The molecule has 2 aromatic carbocycles. The number of benzene rings is 2. The maximum atomic E-state index is 12.6. The van der Waals surface area contributed by atoms with Crippen LogP contribution in [-0.2, 0) is 4.79 Å². The number of amides is 4. The van der Waals surface area contributed by atoms with E-state index in [0.717, 1.165) is 40.7 Å². The molecule has 2 aliphatic carbocycles. The third-order valence-electron chi connectivity index (χ3n) is 11.4. The van der Waals surface area contributed by atoms with Crippen LogP contribution in [0.3, 0.4) is 0 Å². The molecule has 9 rings (SSSR count). The Bertz CT molecular complexity index is 2220. The van der Waals surface area contributed by atoms with E-state index in [2.05, 4.69) is 48.6 Å². The predicted molar refractivity (Wildman–Crippen MR) is 208 cm³/mol. The number of nitrogens with zero attached hydrogens (tertiary/aromatic N) is 5. The molecular weight excluding hydrogens is 685 g/mol. The summed E-state index contributed by atoms with van der Waals surface area (Å²) in [5.74, 6) is 0.747. The Balaban J connectivity index is 0.000000157. The average Bonchev–Trinajstić information content (AvgIpc) is 3.77. The minimum atomic E-state index is -0.388. The van der Waals surface area contributed by atoms with Crippen molar-refractivity contribution >= 4 is 51.0 Å². The highest BCUT2D eigenvalue weighted by Crippen LogP contribution is 2.35. The monoisotopic (exact) mass is 732 g/mol. The second-order valence-corrected chi connectivity index (χ2v) is 15.1. The molecule has 4 amide bonds. The summed E-state index contributed by atoms with van der Waals surface area (Å²) in [4.78, 5) is 53.3. The number of ether oxygens (including phenoxy) is 1. The number of rotatable bonds is 8. The van der Waals surface area contributed by atoms with Crippen molar-refractivity contribution in [3.05, 3.63) is 83.0 Å². The van der Waals surface area contributed by atoms with Crippen LogP contribution in [0.4, 0.5) is 16.2 Å². The highest BCUT2D eigenvalue weighted by molar-refractivity contribution is 6.10. The molecule has 4 aliphatic rings. The Labute approximate surface area is 313 Å². The van der Waals surface area contributed by atoms with Crippen molar-refractivity contribution in [2.75, 3.05) is 43.5 Å². The quantitative estimate of drug-likeness (QED) is 0.162. The number of carbonyl (C=O) groups excluding carboxylic acids is 3. The highest BCUT2D eigenvalue weighted by atomic mass is 16.5. The van der Waals surface area contributed by atoms with Crippen LogP contribution in [0.5, 0.6) is 5.75 Å². The summed E-state index contributed by atoms with van der Waals surface area (Å²) in [6.07, 6.45) is 17.4. The van der Waals surface area contributed by atoms with E-state index in [9.17, 15) is 19.2 Å². The largest absolute Gasteiger partial charge is 0.496 e. The van der Waals surface area contributed by atoms with Crippen LogP contribution in [0.2, 0.25) is 0 Å². The van der Waals surface area contributed by atoms with Gasteiger partial charge in [-0.1, -0.05) is 25.3 Å². The van der Waals surface area contributed by atoms with E-state index in [-0.39, 0.29) is 35.1 Å². The summed E-state index contributed by atoms with van der Waals surface area (Å²) in [7, 11) is 1.50. The number of H-pyrrole nitrogens is 1. The summed E-state index contributed by atoms with van der Waals surface area (Å²) in [6.45, 7) is 4.08. The number of carbonyl (C=O) groups is 3. The summed E-state index contributed by atoms with van der Waals surface area (Å²) >= 11 is 0. The minimum Gasteiger partial charge on any atom is -0.496 e. The maximum Gasteiger partial charge on any atom is 0.328 e. The molecule has 3 aromatic heterocycles. The summed E-state index contributed by atoms with van der Waals surface area (Å²) in [5, 5.41) is 13.8. The Kier molecular flexibility index (Phi) is 10.2. The average molecular weight is 733 g/mol. The first kappa shape index (κ1) is 35.6. The van der Waals surface area contributed by atoms with Crippen molar-refractivity contribution in [3.63, 3.8) is 0 Å². The molecule has 2 aliphatic heterocycles. The van der Waals surface area contributed by atoms with Crippen LogP contribution in [0.15, 0.2) is 71.9 Å². The second-order valence-electron chi connectivity index (χ2n) is 15.1. The van der Waals surface area contributed by atoms with Crippen molar-refractivity contribution in [3.8, 4) is 5.75 Å². The van der Waals surface area contributed by atoms with Gasteiger partial charge in [0, 0.05) is 73.9 Å². The lowest BCUT2D eigenvalue weighted by Gasteiger charge is -2.36. The highest BCUT2D eigenvalue weighted by Gasteiger charge is 2.29. The SMILES string of the molecule is COc1cc2[nH]ncc2cc1C(=O)Nc1cccn(C2CC2)c1=O.O=C1CCN(c2cccc3c2ccn3C2CCN(CC3CCCCC3)CC2)C(=O)N1. The summed E-state index contributed by atoms with van der Waals surface area (Å²) in [5.41, 5.74) is 3.29. The van der Waals surface area contributed by atoms with Crippen LogP contribution in [0, 0.1) is 5.92 Å². The van der Waals surface area contributed by atoms with Crippen molar-refractivity contribution in [2.45, 2.75) is 76.3 Å². The van der Waals surface area contributed by atoms with Gasteiger partial charge < -0.3 is 24.1 Å².